The van der Waals surface area contributed by atoms with Crippen LogP contribution in [0, 0.1) is 5.92 Å². The molecule has 0 bridgehead atoms. The highest BCUT2D eigenvalue weighted by molar-refractivity contribution is 5.26. The summed E-state index contributed by atoms with van der Waals surface area (Å²) in [4.78, 5) is 4.61. The van der Waals surface area contributed by atoms with Gasteiger partial charge in [0.15, 0.2) is 0 Å². The van der Waals surface area contributed by atoms with Crippen LogP contribution in [0.4, 0.5) is 0 Å². The number of unbranched alkanes of at least 4 members (excludes halogenated alkanes) is 1. The molecule has 0 saturated heterocycles. The van der Waals surface area contributed by atoms with Gasteiger partial charge in [-0.1, -0.05) is 72.1 Å². The Morgan fingerprint density at radius 2 is 2.00 bits per heavy atom. The van der Waals surface area contributed by atoms with Gasteiger partial charge in [-0.05, 0) is 55.5 Å². The molecule has 2 heteroatoms. The SMILES string of the molecule is CCCC[C@H]1C=CC=CC1(CCC)O/C(C)=C/C(C)c1cc(C(C)C)ccn1. The number of pyridine rings is 1. The van der Waals surface area contributed by atoms with Gasteiger partial charge in [-0.25, -0.2) is 0 Å². The lowest BCUT2D eigenvalue weighted by Crippen LogP contribution is -2.39. The van der Waals surface area contributed by atoms with Crippen LogP contribution in [0.25, 0.3) is 0 Å². The van der Waals surface area contributed by atoms with Crippen molar-refractivity contribution in [2.45, 2.75) is 91.1 Å². The van der Waals surface area contributed by atoms with Gasteiger partial charge in [0.2, 0.25) is 0 Å². The maximum atomic E-state index is 6.69. The third kappa shape index (κ3) is 5.83. The molecule has 0 amide bonds. The number of hydrogen-bond acceptors (Lipinski definition) is 2. The molecule has 1 aromatic heterocycles. The topological polar surface area (TPSA) is 22.1 Å². The summed E-state index contributed by atoms with van der Waals surface area (Å²) in [6.45, 7) is 13.3. The van der Waals surface area contributed by atoms with E-state index in [1.165, 1.54) is 24.8 Å². The van der Waals surface area contributed by atoms with E-state index in [-0.39, 0.29) is 11.5 Å². The molecule has 0 aromatic carbocycles. The van der Waals surface area contributed by atoms with Crippen molar-refractivity contribution in [2.24, 2.45) is 5.92 Å². The number of hydrogen-bond donors (Lipinski definition) is 0. The van der Waals surface area contributed by atoms with Crippen molar-refractivity contribution < 1.29 is 4.74 Å². The van der Waals surface area contributed by atoms with Crippen molar-refractivity contribution in [1.82, 2.24) is 4.98 Å². The number of nitrogens with zero attached hydrogens (tertiary/aromatic N) is 1. The minimum absolute atomic E-state index is 0.216. The normalized spacial score (nSPS) is 23.2. The van der Waals surface area contributed by atoms with E-state index in [1.807, 2.05) is 6.20 Å². The molecule has 0 saturated carbocycles. The summed E-state index contributed by atoms with van der Waals surface area (Å²) in [6, 6.07) is 4.34. The Labute approximate surface area is 172 Å². The average molecular weight is 382 g/mol. The monoisotopic (exact) mass is 381 g/mol. The fourth-order valence-electron chi connectivity index (χ4n) is 4.13. The van der Waals surface area contributed by atoms with E-state index < -0.39 is 0 Å². The smallest absolute Gasteiger partial charge is 0.133 e. The van der Waals surface area contributed by atoms with Crippen molar-refractivity contribution in [3.8, 4) is 0 Å². The first-order valence-electron chi connectivity index (χ1n) is 11.1. The zero-order valence-corrected chi connectivity index (χ0v) is 18.7. The third-order valence-electron chi connectivity index (χ3n) is 5.74. The van der Waals surface area contributed by atoms with Crippen molar-refractivity contribution in [1.29, 1.82) is 0 Å². The molecular weight excluding hydrogens is 342 g/mol. The molecule has 0 N–H and O–H groups in total. The molecule has 1 aromatic rings. The van der Waals surface area contributed by atoms with Gasteiger partial charge in [0.1, 0.15) is 5.60 Å². The molecule has 0 fully saturated rings. The van der Waals surface area contributed by atoms with Crippen molar-refractivity contribution in [3.63, 3.8) is 0 Å². The lowest BCUT2D eigenvalue weighted by molar-refractivity contribution is -0.00298. The van der Waals surface area contributed by atoms with Crippen LogP contribution in [0.2, 0.25) is 0 Å². The summed E-state index contributed by atoms with van der Waals surface area (Å²) in [6.07, 6.45) is 18.9. The van der Waals surface area contributed by atoms with Crippen LogP contribution in [-0.2, 0) is 4.74 Å². The maximum absolute atomic E-state index is 6.69. The first-order valence-corrected chi connectivity index (χ1v) is 11.1. The Hall–Kier alpha value is -1.83. The lowest BCUT2D eigenvalue weighted by atomic mass is 9.77. The second-order valence-electron chi connectivity index (χ2n) is 8.53. The summed E-state index contributed by atoms with van der Waals surface area (Å²) in [5, 5.41) is 0. The first-order chi connectivity index (χ1) is 13.4. The van der Waals surface area contributed by atoms with E-state index in [0.29, 0.717) is 11.8 Å². The summed E-state index contributed by atoms with van der Waals surface area (Å²) in [5.74, 6) is 2.19. The summed E-state index contributed by atoms with van der Waals surface area (Å²) >= 11 is 0. The molecule has 0 aliphatic heterocycles. The number of allylic oxidation sites excluding steroid dienone is 4. The Morgan fingerprint density at radius 3 is 2.68 bits per heavy atom. The molecule has 1 aliphatic carbocycles. The van der Waals surface area contributed by atoms with Crippen LogP contribution in [0.3, 0.4) is 0 Å². The van der Waals surface area contributed by atoms with Crippen molar-refractivity contribution >= 4 is 0 Å². The third-order valence-corrected chi connectivity index (χ3v) is 5.74. The van der Waals surface area contributed by atoms with E-state index in [4.69, 9.17) is 4.74 Å². The Balaban J connectivity index is 2.20. The fraction of sp³-hybridized carbons (Fsp3) is 0.577. The van der Waals surface area contributed by atoms with Gasteiger partial charge in [-0.2, -0.15) is 0 Å². The predicted octanol–water partition coefficient (Wildman–Crippen LogP) is 7.70. The quantitative estimate of drug-likeness (QED) is 0.387. The molecule has 2 unspecified atom stereocenters. The molecule has 0 spiro atoms. The summed E-state index contributed by atoms with van der Waals surface area (Å²) in [7, 11) is 0. The van der Waals surface area contributed by atoms with E-state index in [0.717, 1.165) is 24.3 Å². The van der Waals surface area contributed by atoms with Gasteiger partial charge >= 0.3 is 0 Å². The van der Waals surface area contributed by atoms with Crippen LogP contribution >= 0.6 is 0 Å². The van der Waals surface area contributed by atoms with E-state index >= 15 is 0 Å². The van der Waals surface area contributed by atoms with Crippen molar-refractivity contribution in [2.75, 3.05) is 0 Å². The largest absolute Gasteiger partial charge is 0.488 e. The van der Waals surface area contributed by atoms with Gasteiger partial charge in [0, 0.05) is 23.7 Å². The van der Waals surface area contributed by atoms with Gasteiger partial charge in [-0.15, -0.1) is 0 Å². The van der Waals surface area contributed by atoms with E-state index in [9.17, 15) is 0 Å². The minimum Gasteiger partial charge on any atom is -0.488 e. The molecule has 154 valence electrons. The second kappa shape index (κ2) is 10.6. The average Bonchev–Trinajstić information content (AvgIpc) is 2.67. The first kappa shape index (κ1) is 22.5. The van der Waals surface area contributed by atoms with Gasteiger partial charge in [0.05, 0.1) is 5.76 Å². The summed E-state index contributed by atoms with van der Waals surface area (Å²) in [5.41, 5.74) is 2.23. The van der Waals surface area contributed by atoms with Crippen LogP contribution in [-0.4, -0.2) is 10.6 Å². The Kier molecular flexibility index (Phi) is 8.54. The van der Waals surface area contributed by atoms with Crippen LogP contribution < -0.4 is 0 Å². The van der Waals surface area contributed by atoms with Gasteiger partial charge < -0.3 is 4.74 Å². The highest BCUT2D eigenvalue weighted by atomic mass is 16.5. The Morgan fingerprint density at radius 1 is 1.21 bits per heavy atom. The molecular formula is C26H39NO. The predicted molar refractivity (Wildman–Crippen MR) is 121 cm³/mol. The maximum Gasteiger partial charge on any atom is 0.133 e. The van der Waals surface area contributed by atoms with E-state index in [2.05, 4.69) is 89.0 Å². The molecule has 1 heterocycles. The van der Waals surface area contributed by atoms with Crippen LogP contribution in [0.1, 0.15) is 96.7 Å². The molecule has 2 nitrogen and oxygen atoms in total. The van der Waals surface area contributed by atoms with Gasteiger partial charge in [-0.3, -0.25) is 4.98 Å². The molecule has 1 aliphatic rings. The molecule has 2 rings (SSSR count). The number of rotatable bonds is 10. The van der Waals surface area contributed by atoms with E-state index in [1.54, 1.807) is 0 Å². The van der Waals surface area contributed by atoms with Gasteiger partial charge in [0.25, 0.3) is 0 Å². The van der Waals surface area contributed by atoms with Crippen LogP contribution in [0.15, 0.2) is 54.5 Å². The molecule has 0 radical (unpaired) electrons. The molecule has 3 atom stereocenters. The fourth-order valence-corrected chi connectivity index (χ4v) is 4.13. The summed E-state index contributed by atoms with van der Waals surface area (Å²) < 4.78 is 6.69. The molecule has 28 heavy (non-hydrogen) atoms. The highest BCUT2D eigenvalue weighted by Crippen LogP contribution is 2.38. The van der Waals surface area contributed by atoms with Crippen molar-refractivity contribution in [3.05, 3.63) is 65.7 Å². The number of ether oxygens (including phenoxy) is 1. The zero-order chi connectivity index (χ0) is 20.6. The zero-order valence-electron chi connectivity index (χ0n) is 18.7. The van der Waals surface area contributed by atoms with Crippen LogP contribution in [0.5, 0.6) is 0 Å². The second-order valence-corrected chi connectivity index (χ2v) is 8.53. The highest BCUT2D eigenvalue weighted by Gasteiger charge is 2.37. The Bertz CT molecular complexity index is 700. The number of aromatic nitrogens is 1. The lowest BCUT2D eigenvalue weighted by Gasteiger charge is -2.39. The minimum atomic E-state index is -0.216. The standard InChI is InChI=1S/C26H39NO/c1-7-9-12-24-13-10-11-16-26(24,15-8-2)28-22(6)18-21(5)25-19-23(20(3)4)14-17-27-25/h10-11,13-14,16-21,24H,7-9,12,15H2,1-6H3/b22-18+/t21?,24-,26?/m0/s1.